The standard InChI is InChI=1S/C23H17N3O3S2/c1-14-19(21(27)25-16-6-3-2-4-7-16)20(17-8-5-11-30-17)26-22(28)18(31-23(26)24-14)12-15-9-10-29-13-15/h2-13,20H,1H3,(H,25,27)/b18-12+/t20-/m0/s1. The minimum absolute atomic E-state index is 0.180. The Balaban J connectivity index is 1.66. The van der Waals surface area contributed by atoms with Gasteiger partial charge in [-0.15, -0.1) is 11.3 Å². The molecule has 3 aromatic heterocycles. The van der Waals surface area contributed by atoms with Crippen molar-refractivity contribution in [2.45, 2.75) is 13.0 Å². The number of carbonyl (C=O) groups is 1. The number of para-hydroxylation sites is 1. The SMILES string of the molecule is CC1=C(C(=O)Nc2ccccc2)[C@H](c2cccs2)n2c(s/c(=C/c3ccoc3)c2=O)=N1. The number of allylic oxidation sites excluding steroid dienone is 1. The van der Waals surface area contributed by atoms with Crippen molar-refractivity contribution in [3.63, 3.8) is 0 Å². The second-order valence-electron chi connectivity index (χ2n) is 6.97. The van der Waals surface area contributed by atoms with Crippen LogP contribution in [0.3, 0.4) is 0 Å². The topological polar surface area (TPSA) is 76.6 Å². The molecule has 1 aliphatic rings. The van der Waals surface area contributed by atoms with Crippen LogP contribution in [-0.4, -0.2) is 10.5 Å². The van der Waals surface area contributed by atoms with Crippen molar-refractivity contribution in [2.75, 3.05) is 5.32 Å². The van der Waals surface area contributed by atoms with E-state index in [9.17, 15) is 9.59 Å². The van der Waals surface area contributed by atoms with Crippen molar-refractivity contribution in [1.29, 1.82) is 0 Å². The van der Waals surface area contributed by atoms with Crippen LogP contribution in [0, 0.1) is 0 Å². The van der Waals surface area contributed by atoms with Gasteiger partial charge in [0.2, 0.25) is 0 Å². The summed E-state index contributed by atoms with van der Waals surface area (Å²) in [4.78, 5) is 32.8. The molecule has 0 saturated heterocycles. The van der Waals surface area contributed by atoms with Crippen LogP contribution in [0.4, 0.5) is 5.69 Å². The molecule has 4 heterocycles. The van der Waals surface area contributed by atoms with E-state index in [-0.39, 0.29) is 11.5 Å². The fourth-order valence-corrected chi connectivity index (χ4v) is 5.43. The lowest BCUT2D eigenvalue weighted by Crippen LogP contribution is -2.40. The first-order valence-corrected chi connectivity index (χ1v) is 11.3. The Bertz CT molecular complexity index is 1440. The smallest absolute Gasteiger partial charge is 0.271 e. The fourth-order valence-electron chi connectivity index (χ4n) is 3.56. The monoisotopic (exact) mass is 447 g/mol. The van der Waals surface area contributed by atoms with E-state index < -0.39 is 6.04 Å². The molecular formula is C23H17N3O3S2. The molecule has 5 rings (SSSR count). The molecule has 0 fully saturated rings. The van der Waals surface area contributed by atoms with Crippen LogP contribution in [0.15, 0.2) is 91.9 Å². The highest BCUT2D eigenvalue weighted by Gasteiger charge is 2.33. The predicted molar refractivity (Wildman–Crippen MR) is 122 cm³/mol. The third-order valence-corrected chi connectivity index (χ3v) is 6.86. The number of aromatic nitrogens is 1. The Kier molecular flexibility index (Phi) is 5.01. The van der Waals surface area contributed by atoms with E-state index in [4.69, 9.17) is 4.42 Å². The van der Waals surface area contributed by atoms with Crippen LogP contribution in [0.5, 0.6) is 0 Å². The van der Waals surface area contributed by atoms with Crippen molar-refractivity contribution < 1.29 is 9.21 Å². The van der Waals surface area contributed by atoms with E-state index in [2.05, 4.69) is 10.3 Å². The van der Waals surface area contributed by atoms with Crippen molar-refractivity contribution in [1.82, 2.24) is 4.57 Å². The summed E-state index contributed by atoms with van der Waals surface area (Å²) < 4.78 is 7.27. The van der Waals surface area contributed by atoms with E-state index in [1.165, 1.54) is 22.7 Å². The zero-order valence-electron chi connectivity index (χ0n) is 16.4. The van der Waals surface area contributed by atoms with Gasteiger partial charge in [-0.2, -0.15) is 0 Å². The lowest BCUT2D eigenvalue weighted by atomic mass is 10.0. The molecule has 4 aromatic rings. The van der Waals surface area contributed by atoms with Gasteiger partial charge in [-0.05, 0) is 42.6 Å². The maximum Gasteiger partial charge on any atom is 0.271 e. The molecule has 0 saturated carbocycles. The molecule has 0 unspecified atom stereocenters. The van der Waals surface area contributed by atoms with Gasteiger partial charge in [-0.25, -0.2) is 4.99 Å². The van der Waals surface area contributed by atoms with Crippen molar-refractivity contribution >= 4 is 40.3 Å². The number of hydrogen-bond donors (Lipinski definition) is 1. The van der Waals surface area contributed by atoms with E-state index in [0.717, 1.165) is 10.4 Å². The van der Waals surface area contributed by atoms with Crippen LogP contribution < -0.4 is 20.2 Å². The molecule has 154 valence electrons. The number of thiophene rings is 1. The number of hydrogen-bond acceptors (Lipinski definition) is 6. The summed E-state index contributed by atoms with van der Waals surface area (Å²) in [6.07, 6.45) is 4.92. The van der Waals surface area contributed by atoms with Gasteiger partial charge < -0.3 is 9.73 Å². The summed E-state index contributed by atoms with van der Waals surface area (Å²) in [7, 11) is 0. The van der Waals surface area contributed by atoms with Crippen molar-refractivity contribution in [3.05, 3.63) is 108 Å². The van der Waals surface area contributed by atoms with Gasteiger partial charge in [0, 0.05) is 16.1 Å². The Labute approximate surface area is 185 Å². The minimum atomic E-state index is -0.536. The highest BCUT2D eigenvalue weighted by atomic mass is 32.1. The molecular weight excluding hydrogens is 430 g/mol. The molecule has 1 N–H and O–H groups in total. The molecule has 0 bridgehead atoms. The quantitative estimate of drug-likeness (QED) is 0.520. The Morgan fingerprint density at radius 2 is 2.03 bits per heavy atom. The second kappa shape index (κ2) is 7.98. The molecule has 0 aliphatic carbocycles. The number of carbonyl (C=O) groups excluding carboxylic acids is 1. The van der Waals surface area contributed by atoms with E-state index in [0.29, 0.717) is 26.3 Å². The van der Waals surface area contributed by atoms with Gasteiger partial charge in [-0.1, -0.05) is 35.6 Å². The summed E-state index contributed by atoms with van der Waals surface area (Å²) in [6.45, 7) is 1.81. The van der Waals surface area contributed by atoms with Gasteiger partial charge in [0.1, 0.15) is 6.04 Å². The molecule has 1 atom stereocenters. The molecule has 1 aliphatic heterocycles. The Morgan fingerprint density at radius 3 is 2.74 bits per heavy atom. The number of thiazole rings is 1. The fraction of sp³-hybridized carbons (Fsp3) is 0.0870. The van der Waals surface area contributed by atoms with Gasteiger partial charge in [-0.3, -0.25) is 14.2 Å². The summed E-state index contributed by atoms with van der Waals surface area (Å²) in [5, 5.41) is 4.89. The summed E-state index contributed by atoms with van der Waals surface area (Å²) >= 11 is 2.82. The first-order chi connectivity index (χ1) is 15.1. The number of furan rings is 1. The Hall–Kier alpha value is -3.49. The molecule has 1 aromatic carbocycles. The van der Waals surface area contributed by atoms with E-state index in [1.54, 1.807) is 29.2 Å². The largest absolute Gasteiger partial charge is 0.472 e. The van der Waals surface area contributed by atoms with Gasteiger partial charge in [0.15, 0.2) is 4.80 Å². The van der Waals surface area contributed by atoms with Crippen molar-refractivity contribution in [2.24, 2.45) is 4.99 Å². The number of rotatable bonds is 4. The zero-order valence-corrected chi connectivity index (χ0v) is 18.1. The van der Waals surface area contributed by atoms with Crippen LogP contribution in [-0.2, 0) is 4.79 Å². The van der Waals surface area contributed by atoms with Crippen molar-refractivity contribution in [3.8, 4) is 0 Å². The van der Waals surface area contributed by atoms with Crippen LogP contribution in [0.2, 0.25) is 0 Å². The third-order valence-electron chi connectivity index (χ3n) is 4.95. The maximum atomic E-state index is 13.4. The van der Waals surface area contributed by atoms with Gasteiger partial charge in [0.05, 0.1) is 28.3 Å². The molecule has 6 nitrogen and oxygen atoms in total. The second-order valence-corrected chi connectivity index (χ2v) is 8.96. The van der Waals surface area contributed by atoms with Crippen LogP contribution in [0.25, 0.3) is 6.08 Å². The third kappa shape index (κ3) is 3.60. The molecule has 1 amide bonds. The molecule has 31 heavy (non-hydrogen) atoms. The number of benzene rings is 1. The zero-order chi connectivity index (χ0) is 21.4. The molecule has 0 radical (unpaired) electrons. The Morgan fingerprint density at radius 1 is 1.19 bits per heavy atom. The normalized spacial score (nSPS) is 16.2. The number of amides is 1. The maximum absolute atomic E-state index is 13.4. The lowest BCUT2D eigenvalue weighted by Gasteiger charge is -2.24. The van der Waals surface area contributed by atoms with Crippen LogP contribution in [0.1, 0.15) is 23.4 Å². The highest BCUT2D eigenvalue weighted by molar-refractivity contribution is 7.10. The molecule has 8 heteroatoms. The highest BCUT2D eigenvalue weighted by Crippen LogP contribution is 2.33. The van der Waals surface area contributed by atoms with E-state index >= 15 is 0 Å². The average molecular weight is 448 g/mol. The summed E-state index contributed by atoms with van der Waals surface area (Å²) in [5.41, 5.74) is 2.38. The first kappa shape index (κ1) is 19.5. The molecule has 0 spiro atoms. The van der Waals surface area contributed by atoms with Crippen LogP contribution >= 0.6 is 22.7 Å². The lowest BCUT2D eigenvalue weighted by molar-refractivity contribution is -0.113. The van der Waals surface area contributed by atoms with Gasteiger partial charge >= 0.3 is 0 Å². The number of nitrogens with one attached hydrogen (secondary N) is 1. The number of nitrogens with zero attached hydrogens (tertiary/aromatic N) is 2. The summed E-state index contributed by atoms with van der Waals surface area (Å²) in [5.74, 6) is -0.269. The van der Waals surface area contributed by atoms with E-state index in [1.807, 2.05) is 54.8 Å². The number of fused-ring (bicyclic) bond motifs is 1. The van der Waals surface area contributed by atoms with Gasteiger partial charge in [0.25, 0.3) is 11.5 Å². The predicted octanol–water partition coefficient (Wildman–Crippen LogP) is 3.53. The average Bonchev–Trinajstić information content (AvgIpc) is 3.51. The number of anilines is 1. The summed E-state index contributed by atoms with van der Waals surface area (Å²) in [6, 6.07) is 14.4. The first-order valence-electron chi connectivity index (χ1n) is 9.56. The minimum Gasteiger partial charge on any atom is -0.472 e.